The van der Waals surface area contributed by atoms with Crippen LogP contribution in [0.2, 0.25) is 0 Å². The molecule has 1 heteroatoms. The third-order valence-corrected chi connectivity index (χ3v) is 5.55. The third-order valence-electron chi connectivity index (χ3n) is 5.55. The highest BCUT2D eigenvalue weighted by molar-refractivity contribution is 5.42. The van der Waals surface area contributed by atoms with Crippen LogP contribution >= 0.6 is 0 Å². The zero-order valence-corrected chi connectivity index (χ0v) is 14.0. The van der Waals surface area contributed by atoms with Crippen molar-refractivity contribution in [3.8, 4) is 0 Å². The second-order valence-corrected chi connectivity index (χ2v) is 6.84. The van der Waals surface area contributed by atoms with E-state index in [1.54, 1.807) is 11.1 Å². The Morgan fingerprint density at radius 3 is 2.40 bits per heavy atom. The first kappa shape index (κ1) is 15.6. The molecule has 0 heterocycles. The minimum absolute atomic E-state index is 0.583. The Morgan fingerprint density at radius 2 is 1.90 bits per heavy atom. The molecular weight excluding hydrogens is 242 g/mol. The van der Waals surface area contributed by atoms with Crippen molar-refractivity contribution in [2.45, 2.75) is 58.3 Å². The van der Waals surface area contributed by atoms with E-state index < -0.39 is 0 Å². The van der Waals surface area contributed by atoms with Gasteiger partial charge < -0.3 is 4.90 Å². The highest BCUT2D eigenvalue weighted by Crippen LogP contribution is 2.56. The maximum absolute atomic E-state index is 2.46. The molecule has 1 saturated carbocycles. The molecule has 112 valence electrons. The molecule has 1 fully saturated rings. The topological polar surface area (TPSA) is 3.24 Å². The molecule has 0 bridgehead atoms. The molecule has 20 heavy (non-hydrogen) atoms. The quantitative estimate of drug-likeness (QED) is 0.763. The highest BCUT2D eigenvalue weighted by Gasteiger charge is 2.48. The lowest BCUT2D eigenvalue weighted by Gasteiger charge is -2.54. The minimum Gasteiger partial charge on any atom is -0.310 e. The van der Waals surface area contributed by atoms with Gasteiger partial charge in [0, 0.05) is 0 Å². The average Bonchev–Trinajstić information content (AvgIpc) is 2.41. The Labute approximate surface area is 125 Å². The molecule has 1 unspecified atom stereocenters. The standard InChI is InChI=1S/C15H20.C4H11N/c1-3-15-9-8-13(15)7-6-12-5-4-11(2)10-14(12)15;1-4-5(2)3/h4-5,10,13H,3,6-9H2,1-2H3;4H2,1-3H3/t13?,15-;/m0./s1. The fourth-order valence-corrected chi connectivity index (χ4v) is 3.83. The Hall–Kier alpha value is -0.820. The predicted octanol–water partition coefficient (Wildman–Crippen LogP) is 4.57. The van der Waals surface area contributed by atoms with Gasteiger partial charge in [0.15, 0.2) is 0 Å². The van der Waals surface area contributed by atoms with E-state index in [1.807, 2.05) is 0 Å². The van der Waals surface area contributed by atoms with Gasteiger partial charge in [-0.05, 0) is 82.1 Å². The lowest BCUT2D eigenvalue weighted by atomic mass is 9.50. The summed E-state index contributed by atoms with van der Waals surface area (Å²) in [5.41, 5.74) is 5.36. The van der Waals surface area contributed by atoms with Crippen molar-refractivity contribution in [1.29, 1.82) is 0 Å². The molecule has 1 aromatic carbocycles. The molecule has 0 aromatic heterocycles. The summed E-state index contributed by atoms with van der Waals surface area (Å²) >= 11 is 0. The zero-order valence-electron chi connectivity index (χ0n) is 14.0. The van der Waals surface area contributed by atoms with Crippen LogP contribution in [0.4, 0.5) is 0 Å². The third kappa shape index (κ3) is 2.79. The van der Waals surface area contributed by atoms with Crippen molar-refractivity contribution in [2.24, 2.45) is 5.92 Å². The fraction of sp³-hybridized carbons (Fsp3) is 0.684. The number of hydrogen-bond donors (Lipinski definition) is 0. The van der Waals surface area contributed by atoms with Crippen LogP contribution < -0.4 is 0 Å². The smallest absolute Gasteiger partial charge is 0.00183 e. The van der Waals surface area contributed by atoms with Crippen molar-refractivity contribution >= 4 is 0 Å². The summed E-state index contributed by atoms with van der Waals surface area (Å²) in [4.78, 5) is 2.12. The van der Waals surface area contributed by atoms with Crippen LogP contribution in [-0.2, 0) is 11.8 Å². The van der Waals surface area contributed by atoms with E-state index in [1.165, 1.54) is 37.7 Å². The second-order valence-electron chi connectivity index (χ2n) is 6.84. The molecule has 1 aromatic rings. The fourth-order valence-electron chi connectivity index (χ4n) is 3.83. The first-order valence-electron chi connectivity index (χ1n) is 8.28. The molecule has 0 radical (unpaired) electrons. The Balaban J connectivity index is 0.000000257. The minimum atomic E-state index is 0.583. The normalized spacial score (nSPS) is 27.0. The maximum Gasteiger partial charge on any atom is -0.00183 e. The highest BCUT2D eigenvalue weighted by atomic mass is 15.0. The molecule has 0 saturated heterocycles. The number of nitrogens with zero attached hydrogens (tertiary/aromatic N) is 1. The molecule has 2 aliphatic carbocycles. The van der Waals surface area contributed by atoms with E-state index in [0.29, 0.717) is 5.41 Å². The van der Waals surface area contributed by atoms with Gasteiger partial charge in [0.2, 0.25) is 0 Å². The summed E-state index contributed by atoms with van der Waals surface area (Å²) in [6.45, 7) is 7.87. The van der Waals surface area contributed by atoms with E-state index in [0.717, 1.165) is 12.5 Å². The van der Waals surface area contributed by atoms with E-state index in [2.05, 4.69) is 58.0 Å². The Morgan fingerprint density at radius 1 is 1.20 bits per heavy atom. The molecule has 0 aliphatic heterocycles. The number of hydrogen-bond acceptors (Lipinski definition) is 1. The van der Waals surface area contributed by atoms with Gasteiger partial charge in [-0.25, -0.2) is 0 Å². The molecule has 0 amide bonds. The maximum atomic E-state index is 2.46. The SMILES string of the molecule is CCN(C)C.CC[C@]12CCC1CCc1ccc(C)cc12. The van der Waals surface area contributed by atoms with Crippen molar-refractivity contribution in [2.75, 3.05) is 20.6 Å². The summed E-state index contributed by atoms with van der Waals surface area (Å²) in [5.74, 6) is 0.997. The largest absolute Gasteiger partial charge is 0.310 e. The van der Waals surface area contributed by atoms with Crippen molar-refractivity contribution in [3.63, 3.8) is 0 Å². The van der Waals surface area contributed by atoms with Gasteiger partial charge in [-0.3, -0.25) is 0 Å². The van der Waals surface area contributed by atoms with Crippen LogP contribution in [0, 0.1) is 12.8 Å². The van der Waals surface area contributed by atoms with E-state index in [-0.39, 0.29) is 0 Å². The summed E-state index contributed by atoms with van der Waals surface area (Å²) in [5, 5.41) is 0. The number of aryl methyl sites for hydroxylation is 2. The number of rotatable bonds is 2. The Bertz CT molecular complexity index is 445. The Kier molecular flexibility index (Phi) is 4.90. The summed E-state index contributed by atoms with van der Waals surface area (Å²) in [6.07, 6.45) is 7.01. The van der Waals surface area contributed by atoms with Gasteiger partial charge in [-0.2, -0.15) is 0 Å². The van der Waals surface area contributed by atoms with Gasteiger partial charge in [0.05, 0.1) is 0 Å². The molecule has 1 nitrogen and oxygen atoms in total. The predicted molar refractivity (Wildman–Crippen MR) is 88.4 cm³/mol. The first-order chi connectivity index (χ1) is 9.53. The van der Waals surface area contributed by atoms with Crippen molar-refractivity contribution < 1.29 is 0 Å². The summed E-state index contributed by atoms with van der Waals surface area (Å²) in [6, 6.07) is 7.11. The van der Waals surface area contributed by atoms with E-state index in [4.69, 9.17) is 0 Å². The zero-order chi connectivity index (χ0) is 14.8. The van der Waals surface area contributed by atoms with Gasteiger partial charge in [0.25, 0.3) is 0 Å². The lowest BCUT2D eigenvalue weighted by molar-refractivity contribution is 0.0930. The van der Waals surface area contributed by atoms with Crippen LogP contribution in [0.25, 0.3) is 0 Å². The van der Waals surface area contributed by atoms with Crippen LogP contribution in [0.15, 0.2) is 18.2 Å². The van der Waals surface area contributed by atoms with E-state index in [9.17, 15) is 0 Å². The lowest BCUT2D eigenvalue weighted by Crippen LogP contribution is -2.47. The van der Waals surface area contributed by atoms with Gasteiger partial charge >= 0.3 is 0 Å². The molecule has 3 rings (SSSR count). The number of benzene rings is 1. The molecule has 0 N–H and O–H groups in total. The monoisotopic (exact) mass is 273 g/mol. The molecule has 2 atom stereocenters. The molecular formula is C19H31N. The molecule has 0 spiro atoms. The van der Waals surface area contributed by atoms with Crippen LogP contribution in [-0.4, -0.2) is 25.5 Å². The first-order valence-corrected chi connectivity index (χ1v) is 8.28. The average molecular weight is 273 g/mol. The summed E-state index contributed by atoms with van der Waals surface area (Å²) in [7, 11) is 4.11. The van der Waals surface area contributed by atoms with Gasteiger partial charge in [0.1, 0.15) is 0 Å². The summed E-state index contributed by atoms with van der Waals surface area (Å²) < 4.78 is 0. The number of fused-ring (bicyclic) bond motifs is 3. The second kappa shape index (κ2) is 6.30. The molecule has 2 aliphatic rings. The van der Waals surface area contributed by atoms with Crippen LogP contribution in [0.1, 0.15) is 56.2 Å². The van der Waals surface area contributed by atoms with E-state index >= 15 is 0 Å². The van der Waals surface area contributed by atoms with Gasteiger partial charge in [-0.1, -0.05) is 37.6 Å². The van der Waals surface area contributed by atoms with Crippen molar-refractivity contribution in [1.82, 2.24) is 4.90 Å². The van der Waals surface area contributed by atoms with Crippen molar-refractivity contribution in [3.05, 3.63) is 34.9 Å². The van der Waals surface area contributed by atoms with Crippen LogP contribution in [0.5, 0.6) is 0 Å². The van der Waals surface area contributed by atoms with Gasteiger partial charge in [-0.15, -0.1) is 0 Å². The van der Waals surface area contributed by atoms with Crippen LogP contribution in [0.3, 0.4) is 0 Å².